The summed E-state index contributed by atoms with van der Waals surface area (Å²) < 4.78 is 0. The molecule has 1 atom stereocenters. The summed E-state index contributed by atoms with van der Waals surface area (Å²) >= 11 is 0. The number of amides is 2. The van der Waals surface area contributed by atoms with E-state index in [9.17, 15) is 14.7 Å². The molecule has 1 fully saturated rings. The molecule has 7 nitrogen and oxygen atoms in total. The summed E-state index contributed by atoms with van der Waals surface area (Å²) in [4.78, 5) is 33.9. The number of hydrogen-bond donors (Lipinski definition) is 2. The van der Waals surface area contributed by atoms with Crippen molar-refractivity contribution in [2.24, 2.45) is 5.73 Å². The first-order valence-corrected chi connectivity index (χ1v) is 9.04. The van der Waals surface area contributed by atoms with Crippen LogP contribution in [0.1, 0.15) is 22.5 Å². The first-order valence-electron chi connectivity index (χ1n) is 9.04. The number of hydrogen-bond acceptors (Lipinski definition) is 5. The predicted octanol–water partition coefficient (Wildman–Crippen LogP) is 1.34. The quantitative estimate of drug-likeness (QED) is 0.646. The van der Waals surface area contributed by atoms with Gasteiger partial charge >= 0.3 is 0 Å². The number of fused-ring (bicyclic) bond motifs is 1. The first-order chi connectivity index (χ1) is 13.9. The fourth-order valence-electron chi connectivity index (χ4n) is 3.27. The molecule has 2 amide bonds. The van der Waals surface area contributed by atoms with E-state index in [1.54, 1.807) is 49.6 Å². The molecule has 0 radical (unpaired) electrons. The number of aliphatic hydroxyl groups is 1. The molecule has 1 aromatic carbocycles. The Morgan fingerprint density at radius 1 is 1.28 bits per heavy atom. The topological polar surface area (TPSA) is 109 Å². The third kappa shape index (κ3) is 3.42. The zero-order valence-electron chi connectivity index (χ0n) is 15.7. The van der Waals surface area contributed by atoms with Crippen LogP contribution in [0, 0.1) is 11.8 Å². The van der Waals surface area contributed by atoms with Crippen LogP contribution >= 0.6 is 0 Å². The maximum atomic E-state index is 12.0. The minimum absolute atomic E-state index is 0.162. The van der Waals surface area contributed by atoms with Crippen LogP contribution in [0.2, 0.25) is 0 Å². The molecule has 4 rings (SSSR count). The van der Waals surface area contributed by atoms with Crippen LogP contribution < -0.4 is 5.73 Å². The van der Waals surface area contributed by atoms with Crippen LogP contribution in [0.4, 0.5) is 0 Å². The highest BCUT2D eigenvalue weighted by atomic mass is 16.3. The standard InChI is InChI=1S/C22H18N4O3/c1-26-12-10-22(29,21(26)28)9-8-14-4-6-15(7-5-14)19-18-16(3-2-11-24-18)13-17(25-19)20(23)27/h2-7,11,13,29H,10,12H2,1H3,(H2,23,27)/t22-/m0/s1. The average molecular weight is 386 g/mol. The van der Waals surface area contributed by atoms with Gasteiger partial charge in [0.15, 0.2) is 0 Å². The van der Waals surface area contributed by atoms with Gasteiger partial charge in [0.05, 0.1) is 11.2 Å². The van der Waals surface area contributed by atoms with Gasteiger partial charge in [0.2, 0.25) is 5.60 Å². The van der Waals surface area contributed by atoms with Gasteiger partial charge in [-0.05, 0) is 24.3 Å². The highest BCUT2D eigenvalue weighted by molar-refractivity contribution is 5.99. The molecule has 29 heavy (non-hydrogen) atoms. The average Bonchev–Trinajstić information content (AvgIpc) is 2.99. The Kier molecular flexibility index (Phi) is 4.49. The molecule has 7 heteroatoms. The van der Waals surface area contributed by atoms with Gasteiger partial charge in [-0.2, -0.15) is 0 Å². The Morgan fingerprint density at radius 2 is 2.03 bits per heavy atom. The second-order valence-corrected chi connectivity index (χ2v) is 6.96. The number of nitrogens with two attached hydrogens (primary N) is 1. The van der Waals surface area contributed by atoms with Crippen molar-refractivity contribution >= 4 is 22.7 Å². The first kappa shape index (κ1) is 18.6. The lowest BCUT2D eigenvalue weighted by atomic mass is 10.0. The Labute approximate surface area is 167 Å². The molecule has 3 aromatic rings. The maximum Gasteiger partial charge on any atom is 0.267 e. The van der Waals surface area contributed by atoms with E-state index in [4.69, 9.17) is 5.73 Å². The molecule has 0 unspecified atom stereocenters. The predicted molar refractivity (Wildman–Crippen MR) is 108 cm³/mol. The fourth-order valence-corrected chi connectivity index (χ4v) is 3.27. The van der Waals surface area contributed by atoms with Crippen LogP contribution in [0.15, 0.2) is 48.7 Å². The van der Waals surface area contributed by atoms with Crippen molar-refractivity contribution in [2.45, 2.75) is 12.0 Å². The van der Waals surface area contributed by atoms with E-state index < -0.39 is 11.5 Å². The number of aromatic nitrogens is 2. The number of nitrogens with zero attached hydrogens (tertiary/aromatic N) is 3. The summed E-state index contributed by atoms with van der Waals surface area (Å²) in [5, 5.41) is 11.2. The Balaban J connectivity index is 1.70. The zero-order chi connectivity index (χ0) is 20.6. The van der Waals surface area contributed by atoms with Crippen LogP contribution in [0.5, 0.6) is 0 Å². The van der Waals surface area contributed by atoms with Gasteiger partial charge in [-0.3, -0.25) is 14.6 Å². The normalized spacial score (nSPS) is 18.6. The molecule has 3 heterocycles. The number of carbonyl (C=O) groups is 2. The Morgan fingerprint density at radius 3 is 2.69 bits per heavy atom. The third-order valence-electron chi connectivity index (χ3n) is 4.92. The highest BCUT2D eigenvalue weighted by Crippen LogP contribution is 2.26. The molecule has 1 aliphatic rings. The van der Waals surface area contributed by atoms with Crippen LogP contribution in [-0.2, 0) is 4.79 Å². The number of pyridine rings is 2. The molecule has 1 aliphatic heterocycles. The smallest absolute Gasteiger partial charge is 0.267 e. The Hall–Kier alpha value is -3.76. The van der Waals surface area contributed by atoms with Gasteiger partial charge in [-0.1, -0.05) is 30.0 Å². The Bertz CT molecular complexity index is 1190. The lowest BCUT2D eigenvalue weighted by Crippen LogP contribution is -2.37. The number of carbonyl (C=O) groups excluding carboxylic acids is 2. The second-order valence-electron chi connectivity index (χ2n) is 6.96. The van der Waals surface area contributed by atoms with Crippen LogP contribution in [-0.4, -0.2) is 51.0 Å². The number of primary amides is 1. The molecule has 0 bridgehead atoms. The molecular formula is C22H18N4O3. The van der Waals surface area contributed by atoms with E-state index in [1.165, 1.54) is 4.90 Å². The van der Waals surface area contributed by atoms with Crippen molar-refractivity contribution in [3.05, 3.63) is 59.9 Å². The summed E-state index contributed by atoms with van der Waals surface area (Å²) in [6, 6.07) is 12.4. The number of likely N-dealkylation sites (N-methyl/N-ethyl adjacent to an activating group) is 1. The van der Waals surface area contributed by atoms with Gasteiger partial charge in [-0.25, -0.2) is 4.98 Å². The summed E-state index contributed by atoms with van der Waals surface area (Å²) in [7, 11) is 1.64. The second kappa shape index (κ2) is 7.00. The molecule has 2 aromatic heterocycles. The van der Waals surface area contributed by atoms with Crippen LogP contribution in [0.3, 0.4) is 0 Å². The van der Waals surface area contributed by atoms with Crippen molar-refractivity contribution in [1.29, 1.82) is 0 Å². The maximum absolute atomic E-state index is 12.0. The number of likely N-dealkylation sites (tertiary alicyclic amines) is 1. The minimum atomic E-state index is -1.63. The molecule has 1 saturated heterocycles. The SMILES string of the molecule is CN1CC[C@@](O)(C#Cc2ccc(-c3nc(C(N)=O)cc4cccnc34)cc2)C1=O. The summed E-state index contributed by atoms with van der Waals surface area (Å²) in [6.07, 6.45) is 1.95. The van der Waals surface area contributed by atoms with E-state index in [1.807, 2.05) is 6.07 Å². The van der Waals surface area contributed by atoms with Crippen molar-refractivity contribution in [3.8, 4) is 23.1 Å². The van der Waals surface area contributed by atoms with Gasteiger partial charge in [0.1, 0.15) is 5.69 Å². The van der Waals surface area contributed by atoms with Crippen molar-refractivity contribution < 1.29 is 14.7 Å². The monoisotopic (exact) mass is 386 g/mol. The van der Waals surface area contributed by atoms with Crippen molar-refractivity contribution in [3.63, 3.8) is 0 Å². The van der Waals surface area contributed by atoms with Gasteiger partial charge < -0.3 is 15.7 Å². The molecule has 144 valence electrons. The number of rotatable bonds is 2. The molecule has 0 aliphatic carbocycles. The highest BCUT2D eigenvalue weighted by Gasteiger charge is 2.42. The lowest BCUT2D eigenvalue weighted by molar-refractivity contribution is -0.137. The van der Waals surface area contributed by atoms with E-state index >= 15 is 0 Å². The number of benzene rings is 1. The molecular weight excluding hydrogens is 368 g/mol. The van der Waals surface area contributed by atoms with Crippen molar-refractivity contribution in [1.82, 2.24) is 14.9 Å². The van der Waals surface area contributed by atoms with E-state index in [0.717, 1.165) is 10.9 Å². The fraction of sp³-hybridized carbons (Fsp3) is 0.182. The summed E-state index contributed by atoms with van der Waals surface area (Å²) in [5.74, 6) is 4.56. The third-order valence-corrected chi connectivity index (χ3v) is 4.92. The molecule has 0 saturated carbocycles. The van der Waals surface area contributed by atoms with Gasteiger partial charge in [-0.15, -0.1) is 0 Å². The van der Waals surface area contributed by atoms with Crippen LogP contribution in [0.25, 0.3) is 22.2 Å². The van der Waals surface area contributed by atoms with Crippen molar-refractivity contribution in [2.75, 3.05) is 13.6 Å². The largest absolute Gasteiger partial charge is 0.369 e. The van der Waals surface area contributed by atoms with Gasteiger partial charge in [0.25, 0.3) is 11.8 Å². The summed E-state index contributed by atoms with van der Waals surface area (Å²) in [5.41, 5.74) is 6.54. The lowest BCUT2D eigenvalue weighted by Gasteiger charge is -2.13. The minimum Gasteiger partial charge on any atom is -0.369 e. The zero-order valence-corrected chi connectivity index (χ0v) is 15.7. The van der Waals surface area contributed by atoms with E-state index in [2.05, 4.69) is 21.8 Å². The van der Waals surface area contributed by atoms with E-state index in [-0.39, 0.29) is 18.0 Å². The molecule has 0 spiro atoms. The van der Waals surface area contributed by atoms with E-state index in [0.29, 0.717) is 23.3 Å². The van der Waals surface area contributed by atoms with Gasteiger partial charge in [0, 0.05) is 42.7 Å². The summed E-state index contributed by atoms with van der Waals surface area (Å²) in [6.45, 7) is 0.477. The molecule has 3 N–H and O–H groups in total.